The first-order valence-corrected chi connectivity index (χ1v) is 9.20. The van der Waals surface area contributed by atoms with E-state index in [4.69, 9.17) is 22.9 Å². The summed E-state index contributed by atoms with van der Waals surface area (Å²) in [6.45, 7) is 0. The molecule has 0 radical (unpaired) electrons. The van der Waals surface area contributed by atoms with Gasteiger partial charge in [0.1, 0.15) is 11.3 Å². The fourth-order valence-electron chi connectivity index (χ4n) is 3.57. The monoisotopic (exact) mass is 368 g/mol. The molecule has 0 spiro atoms. The van der Waals surface area contributed by atoms with E-state index in [1.165, 1.54) is 0 Å². The molecule has 140 valence electrons. The van der Waals surface area contributed by atoms with Crippen molar-refractivity contribution in [1.82, 2.24) is 0 Å². The molecule has 2 aromatic rings. The van der Waals surface area contributed by atoms with Crippen molar-refractivity contribution in [2.75, 3.05) is 0 Å². The van der Waals surface area contributed by atoms with E-state index in [2.05, 4.69) is 24.3 Å². The molecule has 4 heteroatoms. The molecule has 2 aliphatic rings. The van der Waals surface area contributed by atoms with Crippen LogP contribution in [0.25, 0.3) is 11.1 Å². The zero-order valence-electron chi connectivity index (χ0n) is 15.5. The van der Waals surface area contributed by atoms with Crippen molar-refractivity contribution in [3.05, 3.63) is 119 Å². The van der Waals surface area contributed by atoms with E-state index >= 15 is 0 Å². The molecule has 0 aliphatic heterocycles. The minimum atomic E-state index is -1.00. The second kappa shape index (κ2) is 6.86. The highest BCUT2D eigenvalue weighted by Gasteiger charge is 2.27. The molecule has 4 nitrogen and oxygen atoms in total. The highest BCUT2D eigenvalue weighted by Crippen LogP contribution is 2.39. The Balaban J connectivity index is 1.94. The van der Waals surface area contributed by atoms with Gasteiger partial charge in [0.05, 0.1) is 0 Å². The lowest BCUT2D eigenvalue weighted by Crippen LogP contribution is -2.47. The Morgan fingerprint density at radius 2 is 0.857 bits per heavy atom. The van der Waals surface area contributed by atoms with E-state index in [0.717, 1.165) is 33.4 Å². The standard InChI is InChI=1S/C24H24N4/c25-23(26)13-11-19(21(15-23)17-7-3-1-4-8-17)20-12-14-24(27,28)16-22(20)18-9-5-2-6-10-18/h1-16H,25-28H2/b20-19-. The van der Waals surface area contributed by atoms with Crippen molar-refractivity contribution < 1.29 is 0 Å². The zero-order valence-corrected chi connectivity index (χ0v) is 15.5. The highest BCUT2D eigenvalue weighted by molar-refractivity contribution is 5.95. The predicted octanol–water partition coefficient (Wildman–Crippen LogP) is 2.82. The van der Waals surface area contributed by atoms with Gasteiger partial charge in [0.2, 0.25) is 0 Å². The molecule has 0 heterocycles. The number of benzene rings is 2. The summed E-state index contributed by atoms with van der Waals surface area (Å²) in [5.74, 6) is 0. The molecule has 0 amide bonds. The second-order valence-corrected chi connectivity index (χ2v) is 7.34. The maximum absolute atomic E-state index is 6.21. The first-order chi connectivity index (χ1) is 13.3. The lowest BCUT2D eigenvalue weighted by Gasteiger charge is -2.29. The largest absolute Gasteiger partial charge is 0.307 e. The minimum absolute atomic E-state index is 0.983. The summed E-state index contributed by atoms with van der Waals surface area (Å²) < 4.78 is 0. The number of allylic oxidation sites excluding steroid dienone is 6. The van der Waals surface area contributed by atoms with Crippen molar-refractivity contribution in [2.24, 2.45) is 22.9 Å². The molecule has 0 aromatic heterocycles. The zero-order chi connectivity index (χ0) is 19.8. The summed E-state index contributed by atoms with van der Waals surface area (Å²) in [6.07, 6.45) is 11.4. The summed E-state index contributed by atoms with van der Waals surface area (Å²) in [7, 11) is 0. The molecule has 28 heavy (non-hydrogen) atoms. The van der Waals surface area contributed by atoms with Crippen molar-refractivity contribution in [2.45, 2.75) is 11.3 Å². The van der Waals surface area contributed by atoms with Gasteiger partial charge in [0.25, 0.3) is 0 Å². The third kappa shape index (κ3) is 3.67. The predicted molar refractivity (Wildman–Crippen MR) is 116 cm³/mol. The topological polar surface area (TPSA) is 104 Å². The summed E-state index contributed by atoms with van der Waals surface area (Å²) in [5.41, 5.74) is 28.9. The molecule has 8 N–H and O–H groups in total. The average molecular weight is 368 g/mol. The quantitative estimate of drug-likeness (QED) is 0.612. The van der Waals surface area contributed by atoms with Crippen LogP contribution in [0.1, 0.15) is 11.1 Å². The maximum atomic E-state index is 6.21. The number of nitrogens with two attached hydrogens (primary N) is 4. The Bertz CT molecular complexity index is 951. The van der Waals surface area contributed by atoms with Crippen LogP contribution in [0.5, 0.6) is 0 Å². The lowest BCUT2D eigenvalue weighted by atomic mass is 9.80. The van der Waals surface area contributed by atoms with E-state index < -0.39 is 11.3 Å². The molecular weight excluding hydrogens is 344 g/mol. The van der Waals surface area contributed by atoms with Crippen LogP contribution < -0.4 is 22.9 Å². The van der Waals surface area contributed by atoms with E-state index in [1.54, 1.807) is 0 Å². The molecule has 2 aliphatic carbocycles. The first-order valence-electron chi connectivity index (χ1n) is 9.20. The summed E-state index contributed by atoms with van der Waals surface area (Å²) in [4.78, 5) is 0. The van der Waals surface area contributed by atoms with Gasteiger partial charge in [-0.25, -0.2) is 0 Å². The van der Waals surface area contributed by atoms with E-state index in [0.29, 0.717) is 0 Å². The van der Waals surface area contributed by atoms with Gasteiger partial charge < -0.3 is 22.9 Å². The summed E-state index contributed by atoms with van der Waals surface area (Å²) >= 11 is 0. The van der Waals surface area contributed by atoms with Crippen molar-refractivity contribution in [3.63, 3.8) is 0 Å². The van der Waals surface area contributed by atoms with E-state index in [-0.39, 0.29) is 0 Å². The molecule has 2 aromatic carbocycles. The molecule has 4 rings (SSSR count). The molecular formula is C24H24N4. The van der Waals surface area contributed by atoms with Crippen molar-refractivity contribution >= 4 is 11.1 Å². The molecule has 0 saturated heterocycles. The van der Waals surface area contributed by atoms with Crippen molar-refractivity contribution in [3.8, 4) is 0 Å². The summed E-state index contributed by atoms with van der Waals surface area (Å²) in [5, 5.41) is 0. The third-order valence-electron chi connectivity index (χ3n) is 4.91. The third-order valence-corrected chi connectivity index (χ3v) is 4.91. The molecule has 0 fully saturated rings. The van der Waals surface area contributed by atoms with Crippen LogP contribution >= 0.6 is 0 Å². The first kappa shape index (κ1) is 18.3. The van der Waals surface area contributed by atoms with Crippen LogP contribution in [0.15, 0.2) is 108 Å². The molecule has 0 bridgehead atoms. The van der Waals surface area contributed by atoms with Crippen LogP contribution in [-0.4, -0.2) is 11.3 Å². The van der Waals surface area contributed by atoms with Crippen molar-refractivity contribution in [1.29, 1.82) is 0 Å². The Labute approximate surface area is 165 Å². The Morgan fingerprint density at radius 3 is 1.21 bits per heavy atom. The minimum Gasteiger partial charge on any atom is -0.307 e. The fraction of sp³-hybridized carbons (Fsp3) is 0.0833. The Kier molecular flexibility index (Phi) is 4.49. The van der Waals surface area contributed by atoms with E-state index in [9.17, 15) is 0 Å². The second-order valence-electron chi connectivity index (χ2n) is 7.34. The van der Waals surface area contributed by atoms with E-state index in [1.807, 2.05) is 72.9 Å². The Morgan fingerprint density at radius 1 is 0.500 bits per heavy atom. The van der Waals surface area contributed by atoms with Gasteiger partial charge >= 0.3 is 0 Å². The highest BCUT2D eigenvalue weighted by atomic mass is 14.9. The number of hydrogen-bond donors (Lipinski definition) is 4. The van der Waals surface area contributed by atoms with Gasteiger partial charge in [-0.15, -0.1) is 0 Å². The summed E-state index contributed by atoms with van der Waals surface area (Å²) in [6, 6.07) is 20.2. The Hall–Kier alpha value is -3.02. The van der Waals surface area contributed by atoms with Gasteiger partial charge in [0.15, 0.2) is 0 Å². The smallest absolute Gasteiger partial charge is 0.103 e. The van der Waals surface area contributed by atoms with Gasteiger partial charge in [-0.3, -0.25) is 0 Å². The van der Waals surface area contributed by atoms with Crippen LogP contribution in [0.3, 0.4) is 0 Å². The van der Waals surface area contributed by atoms with Gasteiger partial charge in [0, 0.05) is 0 Å². The van der Waals surface area contributed by atoms with Crippen LogP contribution in [0, 0.1) is 0 Å². The van der Waals surface area contributed by atoms with Gasteiger partial charge in [-0.1, -0.05) is 72.8 Å². The van der Waals surface area contributed by atoms with Crippen LogP contribution in [-0.2, 0) is 0 Å². The number of rotatable bonds is 2. The number of hydrogen-bond acceptors (Lipinski definition) is 4. The molecule has 0 atom stereocenters. The molecule has 0 saturated carbocycles. The van der Waals surface area contributed by atoms with Crippen LogP contribution in [0.4, 0.5) is 0 Å². The van der Waals surface area contributed by atoms with Gasteiger partial charge in [-0.2, -0.15) is 0 Å². The lowest BCUT2D eigenvalue weighted by molar-refractivity contribution is 0.688. The SMILES string of the molecule is NC1(N)C=C/C(=C2\C=CC(N)(N)C=C2c2ccccc2)C(c2ccccc2)=C1. The molecule has 0 unspecified atom stereocenters. The van der Waals surface area contributed by atoms with Crippen LogP contribution in [0.2, 0.25) is 0 Å². The maximum Gasteiger partial charge on any atom is 0.103 e. The average Bonchev–Trinajstić information content (AvgIpc) is 2.69. The normalized spacial score (nSPS) is 22.6. The fourth-order valence-corrected chi connectivity index (χ4v) is 3.57. The van der Waals surface area contributed by atoms with Gasteiger partial charge in [-0.05, 0) is 57.7 Å².